The van der Waals surface area contributed by atoms with Gasteiger partial charge >= 0.3 is 0 Å². The van der Waals surface area contributed by atoms with Crippen molar-refractivity contribution in [3.05, 3.63) is 0 Å². The number of piperazine rings is 1. The van der Waals surface area contributed by atoms with Crippen LogP contribution in [0.4, 0.5) is 0 Å². The smallest absolute Gasteiger partial charge is 0.237 e. The van der Waals surface area contributed by atoms with E-state index in [2.05, 4.69) is 21.2 Å². The van der Waals surface area contributed by atoms with E-state index in [0.29, 0.717) is 0 Å². The van der Waals surface area contributed by atoms with E-state index in [1.165, 1.54) is 0 Å². The second-order valence-corrected chi connectivity index (χ2v) is 6.54. The van der Waals surface area contributed by atoms with E-state index in [9.17, 15) is 4.79 Å². The van der Waals surface area contributed by atoms with Crippen LogP contribution in [0.2, 0.25) is 0 Å². The predicted molar refractivity (Wildman–Crippen MR) is 80.2 cm³/mol. The number of nitriles is 1. The first-order chi connectivity index (χ1) is 9.28. The lowest BCUT2D eigenvalue weighted by Gasteiger charge is -2.39. The Labute approximate surface area is 122 Å². The van der Waals surface area contributed by atoms with Crippen molar-refractivity contribution >= 4 is 5.91 Å². The molecule has 5 heteroatoms. The van der Waals surface area contributed by atoms with E-state index in [4.69, 9.17) is 5.26 Å². The van der Waals surface area contributed by atoms with Gasteiger partial charge in [0.15, 0.2) is 0 Å². The molecule has 1 amide bonds. The van der Waals surface area contributed by atoms with Gasteiger partial charge in [0.2, 0.25) is 5.91 Å². The first-order valence-corrected chi connectivity index (χ1v) is 7.48. The van der Waals surface area contributed by atoms with Gasteiger partial charge in [-0.2, -0.15) is 5.26 Å². The van der Waals surface area contributed by atoms with Crippen molar-refractivity contribution in [2.45, 2.75) is 58.7 Å². The van der Waals surface area contributed by atoms with E-state index >= 15 is 0 Å². The number of rotatable bonds is 4. The normalized spacial score (nSPS) is 21.0. The summed E-state index contributed by atoms with van der Waals surface area (Å²) in [7, 11) is 0. The Hall–Kier alpha value is -1.12. The lowest BCUT2D eigenvalue weighted by Crippen LogP contribution is -2.57. The number of nitrogens with one attached hydrogen (secondary N) is 1. The summed E-state index contributed by atoms with van der Waals surface area (Å²) in [5, 5.41) is 12.1. The molecular weight excluding hydrogens is 252 g/mol. The molecule has 1 N–H and O–H groups in total. The molecule has 1 saturated heterocycles. The van der Waals surface area contributed by atoms with Crippen LogP contribution in [0.1, 0.15) is 41.0 Å². The highest BCUT2D eigenvalue weighted by atomic mass is 16.2. The van der Waals surface area contributed by atoms with Crippen LogP contribution in [0.25, 0.3) is 0 Å². The molecule has 0 spiro atoms. The maximum atomic E-state index is 12.2. The van der Waals surface area contributed by atoms with Crippen LogP contribution < -0.4 is 5.32 Å². The first-order valence-electron chi connectivity index (χ1n) is 7.48. The van der Waals surface area contributed by atoms with Gasteiger partial charge in [0.05, 0.1) is 18.2 Å². The van der Waals surface area contributed by atoms with E-state index < -0.39 is 0 Å². The lowest BCUT2D eigenvalue weighted by molar-refractivity contribution is -0.128. The SMILES string of the molecule is CCC(C#N)N1CCN(C(C)C(=O)NC(C)(C)C)CC1. The van der Waals surface area contributed by atoms with Crippen LogP contribution in [0.5, 0.6) is 0 Å². The van der Waals surface area contributed by atoms with E-state index in [1.807, 2.05) is 34.6 Å². The van der Waals surface area contributed by atoms with Crippen LogP contribution in [0.15, 0.2) is 0 Å². The molecule has 1 aliphatic rings. The highest BCUT2D eigenvalue weighted by Crippen LogP contribution is 2.12. The maximum Gasteiger partial charge on any atom is 0.237 e. The van der Waals surface area contributed by atoms with Crippen LogP contribution in [0, 0.1) is 11.3 Å². The minimum Gasteiger partial charge on any atom is -0.350 e. The third-order valence-electron chi connectivity index (χ3n) is 3.75. The second kappa shape index (κ2) is 7.05. The molecule has 0 aromatic carbocycles. The number of carbonyl (C=O) groups is 1. The van der Waals surface area contributed by atoms with Crippen molar-refractivity contribution in [3.8, 4) is 6.07 Å². The van der Waals surface area contributed by atoms with Gasteiger partial charge in [-0.3, -0.25) is 14.6 Å². The summed E-state index contributed by atoms with van der Waals surface area (Å²) in [6.07, 6.45) is 0.858. The molecule has 0 radical (unpaired) electrons. The summed E-state index contributed by atoms with van der Waals surface area (Å²) in [6, 6.07) is 2.25. The largest absolute Gasteiger partial charge is 0.350 e. The van der Waals surface area contributed by atoms with Crippen molar-refractivity contribution in [2.75, 3.05) is 26.2 Å². The number of carbonyl (C=O) groups excluding carboxylic acids is 1. The summed E-state index contributed by atoms with van der Waals surface area (Å²) in [6.45, 7) is 13.4. The molecule has 1 heterocycles. The highest BCUT2D eigenvalue weighted by molar-refractivity contribution is 5.81. The lowest BCUT2D eigenvalue weighted by atomic mass is 10.1. The number of hydrogen-bond acceptors (Lipinski definition) is 4. The van der Waals surface area contributed by atoms with E-state index in [-0.39, 0.29) is 23.5 Å². The molecule has 0 bridgehead atoms. The zero-order valence-electron chi connectivity index (χ0n) is 13.4. The van der Waals surface area contributed by atoms with Gasteiger partial charge in [-0.15, -0.1) is 0 Å². The molecule has 114 valence electrons. The molecule has 20 heavy (non-hydrogen) atoms. The summed E-state index contributed by atoms with van der Waals surface area (Å²) in [4.78, 5) is 16.6. The van der Waals surface area contributed by atoms with Gasteiger partial charge in [0.25, 0.3) is 0 Å². The summed E-state index contributed by atoms with van der Waals surface area (Å²) < 4.78 is 0. The van der Waals surface area contributed by atoms with Gasteiger partial charge in [0.1, 0.15) is 0 Å². The van der Waals surface area contributed by atoms with Crippen molar-refractivity contribution < 1.29 is 4.79 Å². The molecule has 5 nitrogen and oxygen atoms in total. The topological polar surface area (TPSA) is 59.4 Å². The number of amides is 1. The second-order valence-electron chi connectivity index (χ2n) is 6.54. The Kier molecular flexibility index (Phi) is 5.97. The molecule has 1 fully saturated rings. The van der Waals surface area contributed by atoms with Gasteiger partial charge in [-0.25, -0.2) is 0 Å². The molecule has 1 aliphatic heterocycles. The molecule has 0 aromatic heterocycles. The van der Waals surface area contributed by atoms with Crippen LogP contribution in [0.3, 0.4) is 0 Å². The summed E-state index contributed by atoms with van der Waals surface area (Å²) in [5.74, 6) is 0.0817. The fraction of sp³-hybridized carbons (Fsp3) is 0.867. The molecule has 2 atom stereocenters. The third kappa shape index (κ3) is 4.77. The summed E-state index contributed by atoms with van der Waals surface area (Å²) >= 11 is 0. The van der Waals surface area contributed by atoms with Crippen molar-refractivity contribution in [1.29, 1.82) is 5.26 Å². The fourth-order valence-corrected chi connectivity index (χ4v) is 2.51. The average Bonchev–Trinajstić information content (AvgIpc) is 2.38. The van der Waals surface area contributed by atoms with Crippen LogP contribution in [-0.4, -0.2) is 59.5 Å². The number of hydrogen-bond donors (Lipinski definition) is 1. The average molecular weight is 280 g/mol. The third-order valence-corrected chi connectivity index (χ3v) is 3.75. The van der Waals surface area contributed by atoms with Gasteiger partial charge in [0, 0.05) is 31.7 Å². The van der Waals surface area contributed by atoms with Crippen molar-refractivity contribution in [3.63, 3.8) is 0 Å². The maximum absolute atomic E-state index is 12.2. The van der Waals surface area contributed by atoms with Crippen LogP contribution in [-0.2, 0) is 4.79 Å². The highest BCUT2D eigenvalue weighted by Gasteiger charge is 2.29. The molecular formula is C15H28N4O. The monoisotopic (exact) mass is 280 g/mol. The first kappa shape index (κ1) is 16.9. The predicted octanol–water partition coefficient (Wildman–Crippen LogP) is 1.21. The Morgan fingerprint density at radius 3 is 2.15 bits per heavy atom. The molecule has 0 aromatic rings. The van der Waals surface area contributed by atoms with Gasteiger partial charge in [-0.1, -0.05) is 6.92 Å². The Balaban J connectivity index is 2.49. The zero-order chi connectivity index (χ0) is 15.3. The van der Waals surface area contributed by atoms with E-state index in [1.54, 1.807) is 0 Å². The molecule has 0 aliphatic carbocycles. The standard InChI is InChI=1S/C15H28N4O/c1-6-13(11-16)19-9-7-18(8-10-19)12(2)14(20)17-15(3,4)5/h12-13H,6-10H2,1-5H3,(H,17,20). The minimum absolute atomic E-state index is 0.0101. The quantitative estimate of drug-likeness (QED) is 0.841. The molecule has 2 unspecified atom stereocenters. The van der Waals surface area contributed by atoms with Crippen molar-refractivity contribution in [1.82, 2.24) is 15.1 Å². The van der Waals surface area contributed by atoms with Crippen molar-refractivity contribution in [2.24, 2.45) is 0 Å². The van der Waals surface area contributed by atoms with Crippen LogP contribution >= 0.6 is 0 Å². The molecule has 0 saturated carbocycles. The van der Waals surface area contributed by atoms with Gasteiger partial charge in [-0.05, 0) is 34.1 Å². The molecule has 1 rings (SSSR count). The number of nitrogens with zero attached hydrogens (tertiary/aromatic N) is 3. The fourth-order valence-electron chi connectivity index (χ4n) is 2.51. The Morgan fingerprint density at radius 1 is 1.25 bits per heavy atom. The Morgan fingerprint density at radius 2 is 1.75 bits per heavy atom. The van der Waals surface area contributed by atoms with E-state index in [0.717, 1.165) is 32.6 Å². The summed E-state index contributed by atoms with van der Waals surface area (Å²) in [5.41, 5.74) is -0.193. The van der Waals surface area contributed by atoms with Gasteiger partial charge < -0.3 is 5.32 Å². The zero-order valence-corrected chi connectivity index (χ0v) is 13.4. The Bertz CT molecular complexity index is 361. The minimum atomic E-state index is -0.193.